The number of ether oxygens (including phenoxy) is 2. The quantitative estimate of drug-likeness (QED) is 0.801. The normalized spacial score (nSPS) is 12.0. The third kappa shape index (κ3) is 5.31. The summed E-state index contributed by atoms with van der Waals surface area (Å²) in [6, 6.07) is 15.5. The Kier molecular flexibility index (Phi) is 6.98. The van der Waals surface area contributed by atoms with Crippen LogP contribution >= 0.6 is 0 Å². The van der Waals surface area contributed by atoms with E-state index in [-0.39, 0.29) is 11.9 Å². The van der Waals surface area contributed by atoms with Crippen molar-refractivity contribution in [3.63, 3.8) is 0 Å². The van der Waals surface area contributed by atoms with Crippen LogP contribution in [0.25, 0.3) is 0 Å². The summed E-state index contributed by atoms with van der Waals surface area (Å²) in [5.41, 5.74) is 2.82. The summed E-state index contributed by atoms with van der Waals surface area (Å²) < 4.78 is 10.3. The van der Waals surface area contributed by atoms with Gasteiger partial charge in [-0.2, -0.15) is 0 Å². The first-order valence-electron chi connectivity index (χ1n) is 8.21. The van der Waals surface area contributed by atoms with Gasteiger partial charge >= 0.3 is 0 Å². The molecule has 5 heteroatoms. The average molecular weight is 342 g/mol. The fourth-order valence-electron chi connectivity index (χ4n) is 2.64. The summed E-state index contributed by atoms with van der Waals surface area (Å²) in [4.78, 5) is 14.5. The predicted molar refractivity (Wildman–Crippen MR) is 98.9 cm³/mol. The molecule has 0 fully saturated rings. The Labute approximate surface area is 149 Å². The van der Waals surface area contributed by atoms with E-state index >= 15 is 0 Å². The van der Waals surface area contributed by atoms with Crippen molar-refractivity contribution in [2.45, 2.75) is 12.6 Å². The van der Waals surface area contributed by atoms with Crippen molar-refractivity contribution < 1.29 is 14.3 Å². The average Bonchev–Trinajstić information content (AvgIpc) is 2.63. The molecule has 5 nitrogen and oxygen atoms in total. The lowest BCUT2D eigenvalue weighted by Gasteiger charge is -2.25. The molecule has 2 aromatic rings. The maximum absolute atomic E-state index is 12.4. The van der Waals surface area contributed by atoms with Crippen LogP contribution in [0, 0.1) is 0 Å². The van der Waals surface area contributed by atoms with Crippen LogP contribution in [0.1, 0.15) is 27.5 Å². The number of nitrogens with one attached hydrogen (secondary N) is 1. The first-order valence-corrected chi connectivity index (χ1v) is 8.21. The molecule has 134 valence electrons. The van der Waals surface area contributed by atoms with Crippen LogP contribution in [-0.2, 0) is 11.3 Å². The highest BCUT2D eigenvalue weighted by molar-refractivity contribution is 5.94. The molecule has 0 aliphatic rings. The Hall–Kier alpha value is -2.37. The summed E-state index contributed by atoms with van der Waals surface area (Å²) in [5, 5.41) is 3.02. The SMILES string of the molecule is COCc1ccc(C(=O)NCC(c2ccc(OC)cc2)N(C)C)cc1. The van der Waals surface area contributed by atoms with E-state index in [1.807, 2.05) is 62.6 Å². The van der Waals surface area contributed by atoms with E-state index in [2.05, 4.69) is 10.2 Å². The molecule has 1 amide bonds. The maximum atomic E-state index is 12.4. The molecular weight excluding hydrogens is 316 g/mol. The van der Waals surface area contributed by atoms with Crippen molar-refractivity contribution in [2.75, 3.05) is 34.9 Å². The van der Waals surface area contributed by atoms with Gasteiger partial charge in [-0.15, -0.1) is 0 Å². The number of hydrogen-bond acceptors (Lipinski definition) is 4. The lowest BCUT2D eigenvalue weighted by molar-refractivity contribution is 0.0942. The van der Waals surface area contributed by atoms with E-state index in [0.717, 1.165) is 16.9 Å². The smallest absolute Gasteiger partial charge is 0.251 e. The Morgan fingerprint density at radius 2 is 1.68 bits per heavy atom. The minimum atomic E-state index is -0.0793. The summed E-state index contributed by atoms with van der Waals surface area (Å²) in [6.45, 7) is 1.07. The highest BCUT2D eigenvalue weighted by atomic mass is 16.5. The largest absolute Gasteiger partial charge is 0.497 e. The number of nitrogens with zero attached hydrogens (tertiary/aromatic N) is 1. The van der Waals surface area contributed by atoms with Crippen molar-refractivity contribution in [3.05, 3.63) is 65.2 Å². The second-order valence-corrected chi connectivity index (χ2v) is 6.09. The molecule has 0 saturated carbocycles. The molecule has 2 aromatic carbocycles. The number of rotatable bonds is 8. The Balaban J connectivity index is 2.01. The molecule has 0 saturated heterocycles. The van der Waals surface area contributed by atoms with Crippen molar-refractivity contribution in [3.8, 4) is 5.75 Å². The number of benzene rings is 2. The Morgan fingerprint density at radius 1 is 1.04 bits per heavy atom. The van der Waals surface area contributed by atoms with Gasteiger partial charge < -0.3 is 19.7 Å². The van der Waals surface area contributed by atoms with Crippen LogP contribution in [0.3, 0.4) is 0 Å². The fraction of sp³-hybridized carbons (Fsp3) is 0.350. The third-order valence-electron chi connectivity index (χ3n) is 4.11. The second kappa shape index (κ2) is 9.20. The summed E-state index contributed by atoms with van der Waals surface area (Å²) in [5.74, 6) is 0.741. The van der Waals surface area contributed by atoms with E-state index in [0.29, 0.717) is 18.7 Å². The fourth-order valence-corrected chi connectivity index (χ4v) is 2.64. The molecule has 0 bridgehead atoms. The van der Waals surface area contributed by atoms with Crippen molar-refractivity contribution in [2.24, 2.45) is 0 Å². The maximum Gasteiger partial charge on any atom is 0.251 e. The first kappa shape index (κ1) is 19.0. The highest BCUT2D eigenvalue weighted by Crippen LogP contribution is 2.20. The molecule has 0 radical (unpaired) electrons. The monoisotopic (exact) mass is 342 g/mol. The predicted octanol–water partition coefficient (Wildman–Crippen LogP) is 2.87. The molecule has 25 heavy (non-hydrogen) atoms. The molecular formula is C20H26N2O3. The van der Waals surface area contributed by atoms with Gasteiger partial charge in [-0.25, -0.2) is 0 Å². The number of methoxy groups -OCH3 is 2. The van der Waals surface area contributed by atoms with E-state index in [1.54, 1.807) is 14.2 Å². The lowest BCUT2D eigenvalue weighted by atomic mass is 10.1. The van der Waals surface area contributed by atoms with Crippen molar-refractivity contribution in [1.82, 2.24) is 10.2 Å². The van der Waals surface area contributed by atoms with Crippen LogP contribution in [0.15, 0.2) is 48.5 Å². The lowest BCUT2D eigenvalue weighted by Crippen LogP contribution is -2.34. The van der Waals surface area contributed by atoms with Gasteiger partial charge in [-0.3, -0.25) is 4.79 Å². The molecule has 0 aromatic heterocycles. The zero-order valence-electron chi connectivity index (χ0n) is 15.3. The van der Waals surface area contributed by atoms with E-state index in [4.69, 9.17) is 9.47 Å². The first-order chi connectivity index (χ1) is 12.0. The number of carbonyl (C=O) groups is 1. The van der Waals surface area contributed by atoms with Gasteiger partial charge in [0, 0.05) is 19.2 Å². The van der Waals surface area contributed by atoms with Gasteiger partial charge in [-0.05, 0) is 49.5 Å². The van der Waals surface area contributed by atoms with Gasteiger partial charge in [0.1, 0.15) is 5.75 Å². The van der Waals surface area contributed by atoms with Crippen LogP contribution in [-0.4, -0.2) is 45.7 Å². The Bertz CT molecular complexity index is 666. The van der Waals surface area contributed by atoms with Gasteiger partial charge in [0.2, 0.25) is 0 Å². The molecule has 1 N–H and O–H groups in total. The topological polar surface area (TPSA) is 50.8 Å². The van der Waals surface area contributed by atoms with E-state index < -0.39 is 0 Å². The number of amides is 1. The minimum Gasteiger partial charge on any atom is -0.497 e. The third-order valence-corrected chi connectivity index (χ3v) is 4.11. The van der Waals surface area contributed by atoms with Gasteiger partial charge in [-0.1, -0.05) is 24.3 Å². The Morgan fingerprint density at radius 3 is 2.20 bits per heavy atom. The van der Waals surface area contributed by atoms with E-state index in [1.165, 1.54) is 0 Å². The summed E-state index contributed by atoms with van der Waals surface area (Å²) >= 11 is 0. The van der Waals surface area contributed by atoms with Crippen LogP contribution in [0.4, 0.5) is 0 Å². The van der Waals surface area contributed by atoms with E-state index in [9.17, 15) is 4.79 Å². The highest BCUT2D eigenvalue weighted by Gasteiger charge is 2.16. The second-order valence-electron chi connectivity index (χ2n) is 6.09. The van der Waals surface area contributed by atoms with Crippen LogP contribution in [0.2, 0.25) is 0 Å². The number of carbonyl (C=O) groups excluding carboxylic acids is 1. The summed E-state index contributed by atoms with van der Waals surface area (Å²) in [7, 11) is 7.30. The molecule has 0 aliphatic carbocycles. The van der Waals surface area contributed by atoms with Gasteiger partial charge in [0.05, 0.1) is 19.8 Å². The molecule has 2 rings (SSSR count). The van der Waals surface area contributed by atoms with Gasteiger partial charge in [0.25, 0.3) is 5.91 Å². The zero-order valence-corrected chi connectivity index (χ0v) is 15.3. The van der Waals surface area contributed by atoms with Crippen LogP contribution < -0.4 is 10.1 Å². The minimum absolute atomic E-state index is 0.0793. The standard InChI is InChI=1S/C20H26N2O3/c1-22(2)19(16-9-11-18(25-4)12-10-16)13-21-20(23)17-7-5-15(6-8-17)14-24-3/h5-12,19H,13-14H2,1-4H3,(H,21,23). The molecule has 0 heterocycles. The molecule has 1 atom stereocenters. The number of hydrogen-bond donors (Lipinski definition) is 1. The van der Waals surface area contributed by atoms with Crippen molar-refractivity contribution in [1.29, 1.82) is 0 Å². The number of likely N-dealkylation sites (N-methyl/N-ethyl adjacent to an activating group) is 1. The van der Waals surface area contributed by atoms with Crippen molar-refractivity contribution >= 4 is 5.91 Å². The van der Waals surface area contributed by atoms with Crippen LogP contribution in [0.5, 0.6) is 5.75 Å². The molecule has 0 spiro atoms. The molecule has 1 unspecified atom stereocenters. The zero-order chi connectivity index (χ0) is 18.2. The van der Waals surface area contributed by atoms with Gasteiger partial charge in [0.15, 0.2) is 0 Å². The summed E-state index contributed by atoms with van der Waals surface area (Å²) in [6.07, 6.45) is 0. The molecule has 0 aliphatic heterocycles.